The molecule has 0 aliphatic carbocycles. The van der Waals surface area contributed by atoms with Crippen molar-refractivity contribution >= 4 is 5.97 Å². The van der Waals surface area contributed by atoms with E-state index >= 15 is 0 Å². The van der Waals surface area contributed by atoms with Gasteiger partial charge in [-0.3, -0.25) is 4.79 Å². The molecule has 0 N–H and O–H groups in total. The van der Waals surface area contributed by atoms with Gasteiger partial charge in [0.1, 0.15) is 0 Å². The van der Waals surface area contributed by atoms with E-state index in [0.717, 1.165) is 44.9 Å². The minimum Gasteiger partial charge on any atom is -0.465 e. The first-order chi connectivity index (χ1) is 9.29. The van der Waals surface area contributed by atoms with Crippen molar-refractivity contribution in [3.63, 3.8) is 0 Å². The SMILES string of the molecule is CCc1ccc(CCCCC2CCCOC2=O)cc1. The molecule has 1 saturated heterocycles. The van der Waals surface area contributed by atoms with E-state index in [1.807, 2.05) is 0 Å². The van der Waals surface area contributed by atoms with Crippen LogP contribution >= 0.6 is 0 Å². The minimum atomic E-state index is 0.0264. The number of hydrogen-bond acceptors (Lipinski definition) is 2. The van der Waals surface area contributed by atoms with E-state index in [-0.39, 0.29) is 11.9 Å². The molecule has 1 heterocycles. The van der Waals surface area contributed by atoms with Crippen molar-refractivity contribution in [1.29, 1.82) is 0 Å². The normalized spacial score (nSPS) is 19.2. The highest BCUT2D eigenvalue weighted by Gasteiger charge is 2.22. The highest BCUT2D eigenvalue weighted by molar-refractivity contribution is 5.72. The van der Waals surface area contributed by atoms with Crippen LogP contribution in [0.3, 0.4) is 0 Å². The first-order valence-electron chi connectivity index (χ1n) is 7.54. The number of hydrogen-bond donors (Lipinski definition) is 0. The number of esters is 1. The molecular formula is C17H24O2. The lowest BCUT2D eigenvalue weighted by Crippen LogP contribution is -2.23. The number of cyclic esters (lactones) is 1. The van der Waals surface area contributed by atoms with Crippen molar-refractivity contribution in [2.75, 3.05) is 6.61 Å². The van der Waals surface area contributed by atoms with Crippen molar-refractivity contribution < 1.29 is 9.53 Å². The lowest BCUT2D eigenvalue weighted by molar-refractivity contribution is -0.153. The fourth-order valence-electron chi connectivity index (χ4n) is 2.66. The molecule has 1 aliphatic heterocycles. The van der Waals surface area contributed by atoms with Gasteiger partial charge in [-0.25, -0.2) is 0 Å². The van der Waals surface area contributed by atoms with Gasteiger partial charge < -0.3 is 4.74 Å². The summed E-state index contributed by atoms with van der Waals surface area (Å²) < 4.78 is 5.09. The molecule has 0 saturated carbocycles. The summed E-state index contributed by atoms with van der Waals surface area (Å²) in [4.78, 5) is 11.5. The van der Waals surface area contributed by atoms with Crippen LogP contribution < -0.4 is 0 Å². The van der Waals surface area contributed by atoms with Crippen LogP contribution in [0.15, 0.2) is 24.3 Å². The lowest BCUT2D eigenvalue weighted by atomic mass is 9.94. The lowest BCUT2D eigenvalue weighted by Gasteiger charge is -2.20. The monoisotopic (exact) mass is 260 g/mol. The Balaban J connectivity index is 1.67. The average molecular weight is 260 g/mol. The molecule has 2 nitrogen and oxygen atoms in total. The van der Waals surface area contributed by atoms with Gasteiger partial charge in [0, 0.05) is 0 Å². The van der Waals surface area contributed by atoms with E-state index in [4.69, 9.17) is 4.74 Å². The summed E-state index contributed by atoms with van der Waals surface area (Å²) >= 11 is 0. The van der Waals surface area contributed by atoms with Gasteiger partial charge in [-0.05, 0) is 49.7 Å². The second-order valence-corrected chi connectivity index (χ2v) is 5.42. The standard InChI is InChI=1S/C17H24O2/c1-2-14-9-11-15(12-10-14)6-3-4-7-16-8-5-13-19-17(16)18/h9-12,16H,2-8,13H2,1H3. The molecule has 0 radical (unpaired) electrons. The molecule has 2 heteroatoms. The minimum absolute atomic E-state index is 0.0264. The maximum atomic E-state index is 11.5. The Morgan fingerprint density at radius 2 is 1.89 bits per heavy atom. The molecule has 1 aromatic rings. The summed E-state index contributed by atoms with van der Waals surface area (Å²) in [7, 11) is 0. The summed E-state index contributed by atoms with van der Waals surface area (Å²) in [5, 5.41) is 0. The Labute approximate surface area is 116 Å². The quantitative estimate of drug-likeness (QED) is 0.572. The molecular weight excluding hydrogens is 236 g/mol. The molecule has 1 fully saturated rings. The maximum absolute atomic E-state index is 11.5. The van der Waals surface area contributed by atoms with Gasteiger partial charge in [-0.2, -0.15) is 0 Å². The van der Waals surface area contributed by atoms with Crippen LogP contribution in [0.1, 0.15) is 50.2 Å². The molecule has 104 valence electrons. The molecule has 2 rings (SSSR count). The Hall–Kier alpha value is -1.31. The van der Waals surface area contributed by atoms with Crippen LogP contribution in [0.25, 0.3) is 0 Å². The van der Waals surface area contributed by atoms with Crippen molar-refractivity contribution in [2.24, 2.45) is 5.92 Å². The van der Waals surface area contributed by atoms with E-state index in [2.05, 4.69) is 31.2 Å². The van der Waals surface area contributed by atoms with Crippen LogP contribution in [0, 0.1) is 5.92 Å². The molecule has 1 atom stereocenters. The number of aryl methyl sites for hydroxylation is 2. The summed E-state index contributed by atoms with van der Waals surface area (Å²) in [6, 6.07) is 8.89. The van der Waals surface area contributed by atoms with Gasteiger partial charge in [0.2, 0.25) is 0 Å². The Bertz CT molecular complexity index is 394. The molecule has 0 aromatic heterocycles. The third-order valence-electron chi connectivity index (χ3n) is 3.97. The summed E-state index contributed by atoms with van der Waals surface area (Å²) in [6.07, 6.45) is 7.55. The van der Waals surface area contributed by atoms with Crippen molar-refractivity contribution in [3.05, 3.63) is 35.4 Å². The number of ether oxygens (including phenoxy) is 1. The summed E-state index contributed by atoms with van der Waals surface area (Å²) in [5.74, 6) is 0.190. The van der Waals surface area contributed by atoms with Crippen LogP contribution in [0.2, 0.25) is 0 Å². The Morgan fingerprint density at radius 1 is 1.16 bits per heavy atom. The van der Waals surface area contributed by atoms with Gasteiger partial charge in [0.15, 0.2) is 0 Å². The molecule has 1 aromatic carbocycles. The van der Waals surface area contributed by atoms with E-state index in [1.165, 1.54) is 11.1 Å². The van der Waals surface area contributed by atoms with Crippen LogP contribution in [-0.2, 0) is 22.4 Å². The van der Waals surface area contributed by atoms with E-state index in [1.54, 1.807) is 0 Å². The zero-order valence-corrected chi connectivity index (χ0v) is 11.9. The van der Waals surface area contributed by atoms with Crippen molar-refractivity contribution in [1.82, 2.24) is 0 Å². The number of benzene rings is 1. The highest BCUT2D eigenvalue weighted by Crippen LogP contribution is 2.21. The average Bonchev–Trinajstić information content (AvgIpc) is 2.46. The molecule has 19 heavy (non-hydrogen) atoms. The summed E-state index contributed by atoms with van der Waals surface area (Å²) in [5.41, 5.74) is 2.80. The van der Waals surface area contributed by atoms with E-state index < -0.39 is 0 Å². The van der Waals surface area contributed by atoms with Gasteiger partial charge in [-0.1, -0.05) is 37.6 Å². The van der Waals surface area contributed by atoms with Gasteiger partial charge in [0.25, 0.3) is 0 Å². The Morgan fingerprint density at radius 3 is 2.58 bits per heavy atom. The fourth-order valence-corrected chi connectivity index (χ4v) is 2.66. The largest absolute Gasteiger partial charge is 0.465 e. The number of rotatable bonds is 6. The first-order valence-corrected chi connectivity index (χ1v) is 7.54. The topological polar surface area (TPSA) is 26.3 Å². The molecule has 0 amide bonds. The number of unbranched alkanes of at least 4 members (excludes halogenated alkanes) is 1. The molecule has 1 aliphatic rings. The van der Waals surface area contributed by atoms with Crippen molar-refractivity contribution in [2.45, 2.75) is 51.9 Å². The van der Waals surface area contributed by atoms with Gasteiger partial charge >= 0.3 is 5.97 Å². The van der Waals surface area contributed by atoms with Crippen LogP contribution in [0.4, 0.5) is 0 Å². The second kappa shape index (κ2) is 7.32. The van der Waals surface area contributed by atoms with E-state index in [9.17, 15) is 4.79 Å². The predicted octanol–water partition coefficient (Wildman–Crippen LogP) is 3.92. The van der Waals surface area contributed by atoms with Gasteiger partial charge in [-0.15, -0.1) is 0 Å². The number of carbonyl (C=O) groups excluding carboxylic acids is 1. The van der Waals surface area contributed by atoms with Crippen LogP contribution in [-0.4, -0.2) is 12.6 Å². The van der Waals surface area contributed by atoms with Crippen LogP contribution in [0.5, 0.6) is 0 Å². The third-order valence-corrected chi connectivity index (χ3v) is 3.97. The molecule has 0 spiro atoms. The second-order valence-electron chi connectivity index (χ2n) is 5.42. The first kappa shape index (κ1) is 14.1. The molecule has 1 unspecified atom stereocenters. The summed E-state index contributed by atoms with van der Waals surface area (Å²) in [6.45, 7) is 2.80. The number of carbonyl (C=O) groups is 1. The van der Waals surface area contributed by atoms with Gasteiger partial charge in [0.05, 0.1) is 12.5 Å². The highest BCUT2D eigenvalue weighted by atomic mass is 16.5. The zero-order valence-electron chi connectivity index (χ0n) is 11.9. The maximum Gasteiger partial charge on any atom is 0.308 e. The third kappa shape index (κ3) is 4.38. The molecule has 0 bridgehead atoms. The van der Waals surface area contributed by atoms with E-state index in [0.29, 0.717) is 6.61 Å². The van der Waals surface area contributed by atoms with Crippen molar-refractivity contribution in [3.8, 4) is 0 Å². The fraction of sp³-hybridized carbons (Fsp3) is 0.588. The smallest absolute Gasteiger partial charge is 0.308 e. The Kier molecular flexibility index (Phi) is 5.44. The zero-order chi connectivity index (χ0) is 13.5. The predicted molar refractivity (Wildman–Crippen MR) is 77.1 cm³/mol.